The fourth-order valence-electron chi connectivity index (χ4n) is 1.69. The molecule has 6 heteroatoms. The Morgan fingerprint density at radius 2 is 2.10 bits per heavy atom. The topological polar surface area (TPSA) is 76.5 Å². The highest BCUT2D eigenvalue weighted by Crippen LogP contribution is 2.23. The Kier molecular flexibility index (Phi) is 4.94. The third kappa shape index (κ3) is 4.06. The number of methoxy groups -OCH3 is 1. The van der Waals surface area contributed by atoms with E-state index in [0.29, 0.717) is 11.3 Å². The highest BCUT2D eigenvalue weighted by Gasteiger charge is 2.07. The molecule has 2 rings (SSSR count). The predicted octanol–water partition coefficient (Wildman–Crippen LogP) is 2.86. The first-order chi connectivity index (χ1) is 10.1. The molecule has 1 aromatic heterocycles. The third-order valence-corrected chi connectivity index (χ3v) is 3.77. The van der Waals surface area contributed by atoms with E-state index in [9.17, 15) is 9.59 Å². The van der Waals surface area contributed by atoms with E-state index < -0.39 is 5.97 Å². The normalized spacial score (nSPS) is 10.1. The molecule has 0 saturated carbocycles. The van der Waals surface area contributed by atoms with E-state index in [1.165, 1.54) is 31.1 Å². The van der Waals surface area contributed by atoms with Gasteiger partial charge in [0, 0.05) is 16.8 Å². The number of thioether (sulfide) groups is 1. The number of pyridine rings is 1. The number of carbonyl (C=O) groups excluding carboxylic acids is 1. The second-order valence-electron chi connectivity index (χ2n) is 4.16. The Bertz CT molecular complexity index is 672. The van der Waals surface area contributed by atoms with Crippen LogP contribution in [0.2, 0.25) is 0 Å². The third-order valence-electron chi connectivity index (χ3n) is 2.70. The predicted molar refractivity (Wildman–Crippen MR) is 78.5 cm³/mol. The van der Waals surface area contributed by atoms with Crippen molar-refractivity contribution < 1.29 is 19.4 Å². The molecule has 0 fully saturated rings. The van der Waals surface area contributed by atoms with Gasteiger partial charge in [-0.2, -0.15) is 0 Å². The maximum atomic E-state index is 11.5. The standard InChI is InChI=1S/C15H13NO4S/c1-20-15(19)11-4-2-3-10(7-11)9-21-12-5-6-16-13(8-12)14(17)18/h2-8H,9H2,1H3,(H,17,18). The summed E-state index contributed by atoms with van der Waals surface area (Å²) in [5.74, 6) is -0.808. The summed E-state index contributed by atoms with van der Waals surface area (Å²) in [6.45, 7) is 0. The van der Waals surface area contributed by atoms with Gasteiger partial charge >= 0.3 is 11.9 Å². The number of carbonyl (C=O) groups is 2. The van der Waals surface area contributed by atoms with Gasteiger partial charge in [0.2, 0.25) is 0 Å². The van der Waals surface area contributed by atoms with Crippen molar-refractivity contribution >= 4 is 23.7 Å². The average Bonchev–Trinajstić information content (AvgIpc) is 2.52. The maximum absolute atomic E-state index is 11.5. The summed E-state index contributed by atoms with van der Waals surface area (Å²) >= 11 is 1.48. The highest BCUT2D eigenvalue weighted by molar-refractivity contribution is 7.98. The molecule has 0 aliphatic carbocycles. The van der Waals surface area contributed by atoms with Crippen LogP contribution in [0.25, 0.3) is 0 Å². The fourth-order valence-corrected chi connectivity index (χ4v) is 2.56. The summed E-state index contributed by atoms with van der Waals surface area (Å²) in [7, 11) is 1.34. The molecule has 0 amide bonds. The van der Waals surface area contributed by atoms with Crippen LogP contribution in [0.4, 0.5) is 0 Å². The molecule has 0 saturated heterocycles. The molecule has 0 aliphatic rings. The monoisotopic (exact) mass is 303 g/mol. The molecular formula is C15H13NO4S. The first kappa shape index (κ1) is 15.1. The van der Waals surface area contributed by atoms with Gasteiger partial charge in [0.15, 0.2) is 0 Å². The molecule has 1 heterocycles. The van der Waals surface area contributed by atoms with Gasteiger partial charge in [-0.15, -0.1) is 11.8 Å². The maximum Gasteiger partial charge on any atom is 0.354 e. The van der Waals surface area contributed by atoms with Gasteiger partial charge in [-0.25, -0.2) is 14.6 Å². The zero-order valence-electron chi connectivity index (χ0n) is 11.3. The minimum atomic E-state index is -1.05. The van der Waals surface area contributed by atoms with Crippen molar-refractivity contribution in [2.75, 3.05) is 7.11 Å². The van der Waals surface area contributed by atoms with Crippen LogP contribution >= 0.6 is 11.8 Å². The van der Waals surface area contributed by atoms with Crippen LogP contribution in [-0.4, -0.2) is 29.1 Å². The number of hydrogen-bond donors (Lipinski definition) is 1. The Morgan fingerprint density at radius 3 is 2.81 bits per heavy atom. The Morgan fingerprint density at radius 1 is 1.29 bits per heavy atom. The molecule has 5 nitrogen and oxygen atoms in total. The lowest BCUT2D eigenvalue weighted by molar-refractivity contribution is 0.0599. The van der Waals surface area contributed by atoms with Gasteiger partial charge in [0.25, 0.3) is 0 Å². The van der Waals surface area contributed by atoms with Crippen molar-refractivity contribution in [2.45, 2.75) is 10.6 Å². The lowest BCUT2D eigenvalue weighted by Crippen LogP contribution is -2.01. The minimum Gasteiger partial charge on any atom is -0.477 e. The van der Waals surface area contributed by atoms with Gasteiger partial charge < -0.3 is 9.84 Å². The number of esters is 1. The van der Waals surface area contributed by atoms with E-state index in [0.717, 1.165) is 10.5 Å². The molecule has 0 bridgehead atoms. The number of nitrogens with zero attached hydrogens (tertiary/aromatic N) is 1. The summed E-state index contributed by atoms with van der Waals surface area (Å²) in [5, 5.41) is 8.90. The number of ether oxygens (including phenoxy) is 1. The molecule has 0 unspecified atom stereocenters. The van der Waals surface area contributed by atoms with Crippen molar-refractivity contribution in [3.05, 3.63) is 59.4 Å². The second kappa shape index (κ2) is 6.90. The molecular weight excluding hydrogens is 290 g/mol. The molecule has 0 spiro atoms. The van der Waals surface area contributed by atoms with E-state index in [-0.39, 0.29) is 11.7 Å². The van der Waals surface area contributed by atoms with Crippen molar-refractivity contribution in [3.63, 3.8) is 0 Å². The lowest BCUT2D eigenvalue weighted by Gasteiger charge is -2.05. The molecule has 0 radical (unpaired) electrons. The Labute approximate surface area is 126 Å². The number of hydrogen-bond acceptors (Lipinski definition) is 5. The van der Waals surface area contributed by atoms with Gasteiger partial charge in [-0.3, -0.25) is 0 Å². The Hall–Kier alpha value is -2.34. The molecule has 0 aliphatic heterocycles. The van der Waals surface area contributed by atoms with Crippen molar-refractivity contribution in [2.24, 2.45) is 0 Å². The fraction of sp³-hybridized carbons (Fsp3) is 0.133. The number of aromatic nitrogens is 1. The molecule has 1 N–H and O–H groups in total. The summed E-state index contributed by atoms with van der Waals surface area (Å²) in [6, 6.07) is 10.4. The van der Waals surface area contributed by atoms with Crippen molar-refractivity contribution in [1.82, 2.24) is 4.98 Å². The van der Waals surface area contributed by atoms with E-state index in [2.05, 4.69) is 9.72 Å². The first-order valence-corrected chi connectivity index (χ1v) is 7.08. The van der Waals surface area contributed by atoms with E-state index in [1.54, 1.807) is 24.3 Å². The minimum absolute atomic E-state index is 0.0170. The molecule has 2 aromatic rings. The van der Waals surface area contributed by atoms with Crippen molar-refractivity contribution in [1.29, 1.82) is 0 Å². The van der Waals surface area contributed by atoms with Crippen LogP contribution < -0.4 is 0 Å². The van der Waals surface area contributed by atoms with Crippen LogP contribution in [0.1, 0.15) is 26.4 Å². The number of carboxylic acids is 1. The number of aromatic carboxylic acids is 1. The van der Waals surface area contributed by atoms with Gasteiger partial charge in [0.1, 0.15) is 5.69 Å². The summed E-state index contributed by atoms with van der Waals surface area (Å²) in [6.07, 6.45) is 1.47. The first-order valence-electron chi connectivity index (χ1n) is 6.09. The number of carboxylic acid groups (broad SMARTS) is 1. The molecule has 108 valence electrons. The zero-order chi connectivity index (χ0) is 15.2. The SMILES string of the molecule is COC(=O)c1cccc(CSc2ccnc(C(=O)O)c2)c1. The Balaban J connectivity index is 2.08. The molecule has 1 aromatic carbocycles. The van der Waals surface area contributed by atoms with Crippen LogP contribution in [0.3, 0.4) is 0 Å². The van der Waals surface area contributed by atoms with Crippen LogP contribution in [0, 0.1) is 0 Å². The largest absolute Gasteiger partial charge is 0.477 e. The highest BCUT2D eigenvalue weighted by atomic mass is 32.2. The van der Waals surface area contributed by atoms with Crippen LogP contribution in [0.5, 0.6) is 0 Å². The number of benzene rings is 1. The van der Waals surface area contributed by atoms with E-state index in [4.69, 9.17) is 5.11 Å². The second-order valence-corrected chi connectivity index (χ2v) is 5.21. The van der Waals surface area contributed by atoms with E-state index >= 15 is 0 Å². The average molecular weight is 303 g/mol. The summed E-state index contributed by atoms with van der Waals surface area (Å²) < 4.78 is 4.68. The molecule has 21 heavy (non-hydrogen) atoms. The quantitative estimate of drug-likeness (QED) is 0.676. The number of rotatable bonds is 5. The van der Waals surface area contributed by atoms with Crippen LogP contribution in [0.15, 0.2) is 47.5 Å². The lowest BCUT2D eigenvalue weighted by atomic mass is 10.1. The van der Waals surface area contributed by atoms with Gasteiger partial charge in [-0.1, -0.05) is 12.1 Å². The summed E-state index contributed by atoms with van der Waals surface area (Å²) in [5.41, 5.74) is 1.47. The molecule has 0 atom stereocenters. The zero-order valence-corrected chi connectivity index (χ0v) is 12.1. The smallest absolute Gasteiger partial charge is 0.354 e. The van der Waals surface area contributed by atoms with E-state index in [1.807, 2.05) is 6.07 Å². The van der Waals surface area contributed by atoms with Crippen LogP contribution in [-0.2, 0) is 10.5 Å². The van der Waals surface area contributed by atoms with Gasteiger partial charge in [0.05, 0.1) is 12.7 Å². The van der Waals surface area contributed by atoms with Gasteiger partial charge in [-0.05, 0) is 29.8 Å². The van der Waals surface area contributed by atoms with Crippen molar-refractivity contribution in [3.8, 4) is 0 Å². The summed E-state index contributed by atoms with van der Waals surface area (Å²) in [4.78, 5) is 26.9.